The van der Waals surface area contributed by atoms with Gasteiger partial charge in [0.25, 0.3) is 5.69 Å². The van der Waals surface area contributed by atoms with E-state index in [0.29, 0.717) is 27.7 Å². The standard InChI is InChI=1S/C18H15Cl2N3O3/c1-10-7-13-8-16(19)17(20)9-15(13)18(21-22(10)11(2)24)12-3-5-14(6-4-12)23(25)26/h3-6,8-10H,7H2,1-2H3. The zero-order valence-corrected chi connectivity index (χ0v) is 15.6. The molecule has 134 valence electrons. The fourth-order valence-electron chi connectivity index (χ4n) is 2.98. The summed E-state index contributed by atoms with van der Waals surface area (Å²) in [6, 6.07) is 9.35. The fraction of sp³-hybridized carbons (Fsp3) is 0.222. The number of non-ortho nitro benzene ring substituents is 1. The smallest absolute Gasteiger partial charge is 0.269 e. The topological polar surface area (TPSA) is 75.8 Å². The molecule has 0 saturated heterocycles. The zero-order valence-electron chi connectivity index (χ0n) is 14.1. The van der Waals surface area contributed by atoms with Crippen LogP contribution in [0.5, 0.6) is 0 Å². The van der Waals surface area contributed by atoms with Crippen molar-refractivity contribution in [2.24, 2.45) is 5.10 Å². The summed E-state index contributed by atoms with van der Waals surface area (Å²) in [5.41, 5.74) is 2.81. The molecular weight excluding hydrogens is 377 g/mol. The Morgan fingerprint density at radius 3 is 2.42 bits per heavy atom. The van der Waals surface area contributed by atoms with Gasteiger partial charge in [0.05, 0.1) is 26.7 Å². The van der Waals surface area contributed by atoms with Crippen molar-refractivity contribution in [3.63, 3.8) is 0 Å². The van der Waals surface area contributed by atoms with Gasteiger partial charge in [0.1, 0.15) is 0 Å². The van der Waals surface area contributed by atoms with Gasteiger partial charge in [0, 0.05) is 30.2 Å². The van der Waals surface area contributed by atoms with E-state index in [1.165, 1.54) is 24.1 Å². The molecule has 1 unspecified atom stereocenters. The second-order valence-electron chi connectivity index (χ2n) is 6.09. The van der Waals surface area contributed by atoms with E-state index in [1.807, 2.05) is 6.92 Å². The summed E-state index contributed by atoms with van der Waals surface area (Å²) in [4.78, 5) is 22.5. The van der Waals surface area contributed by atoms with Gasteiger partial charge in [-0.3, -0.25) is 14.9 Å². The number of fused-ring (bicyclic) bond motifs is 1. The third-order valence-electron chi connectivity index (χ3n) is 4.22. The third kappa shape index (κ3) is 3.43. The van der Waals surface area contributed by atoms with Gasteiger partial charge in [-0.05, 0) is 43.2 Å². The molecule has 1 amide bonds. The first-order valence-corrected chi connectivity index (χ1v) is 8.65. The Bertz CT molecular complexity index is 926. The highest BCUT2D eigenvalue weighted by molar-refractivity contribution is 6.42. The van der Waals surface area contributed by atoms with Gasteiger partial charge in [-0.15, -0.1) is 0 Å². The highest BCUT2D eigenvalue weighted by atomic mass is 35.5. The quantitative estimate of drug-likeness (QED) is 0.560. The maximum atomic E-state index is 12.0. The molecule has 1 aliphatic heterocycles. The van der Waals surface area contributed by atoms with Crippen molar-refractivity contribution in [1.82, 2.24) is 5.01 Å². The van der Waals surface area contributed by atoms with E-state index in [4.69, 9.17) is 23.2 Å². The molecule has 1 atom stereocenters. The molecule has 2 aromatic rings. The summed E-state index contributed by atoms with van der Waals surface area (Å²) < 4.78 is 0. The maximum Gasteiger partial charge on any atom is 0.269 e. The second kappa shape index (κ2) is 7.05. The predicted molar refractivity (Wildman–Crippen MR) is 101 cm³/mol. The van der Waals surface area contributed by atoms with Gasteiger partial charge in [-0.1, -0.05) is 23.2 Å². The molecule has 1 heterocycles. The Morgan fingerprint density at radius 2 is 1.85 bits per heavy atom. The van der Waals surface area contributed by atoms with Gasteiger partial charge in [0.2, 0.25) is 5.91 Å². The van der Waals surface area contributed by atoms with Crippen LogP contribution in [-0.4, -0.2) is 27.6 Å². The highest BCUT2D eigenvalue weighted by Gasteiger charge is 2.26. The molecule has 0 radical (unpaired) electrons. The molecular formula is C18H15Cl2N3O3. The predicted octanol–water partition coefficient (Wildman–Crippen LogP) is 4.45. The lowest BCUT2D eigenvalue weighted by Crippen LogP contribution is -2.33. The lowest BCUT2D eigenvalue weighted by Gasteiger charge is -2.21. The van der Waals surface area contributed by atoms with Crippen LogP contribution in [0.1, 0.15) is 30.5 Å². The van der Waals surface area contributed by atoms with Crippen LogP contribution in [-0.2, 0) is 11.2 Å². The first kappa shape index (κ1) is 18.4. The minimum atomic E-state index is -0.465. The molecule has 0 bridgehead atoms. The Labute approximate surface area is 160 Å². The van der Waals surface area contributed by atoms with Crippen molar-refractivity contribution >= 4 is 40.5 Å². The molecule has 0 spiro atoms. The normalized spacial score (nSPS) is 16.5. The van der Waals surface area contributed by atoms with Crippen molar-refractivity contribution in [3.8, 4) is 0 Å². The second-order valence-corrected chi connectivity index (χ2v) is 6.91. The summed E-state index contributed by atoms with van der Waals surface area (Å²) in [5.74, 6) is -0.193. The summed E-state index contributed by atoms with van der Waals surface area (Å²) >= 11 is 12.4. The number of rotatable bonds is 2. The SMILES string of the molecule is CC(=O)N1N=C(c2ccc([N+](=O)[O-])cc2)c2cc(Cl)c(Cl)cc2CC1C. The summed E-state index contributed by atoms with van der Waals surface area (Å²) in [7, 11) is 0. The fourth-order valence-corrected chi connectivity index (χ4v) is 3.33. The maximum absolute atomic E-state index is 12.0. The molecule has 2 aromatic carbocycles. The van der Waals surface area contributed by atoms with Crippen LogP contribution in [0.15, 0.2) is 41.5 Å². The minimum absolute atomic E-state index is 0.0193. The van der Waals surface area contributed by atoms with Gasteiger partial charge in [-0.2, -0.15) is 5.10 Å². The van der Waals surface area contributed by atoms with Crippen LogP contribution >= 0.6 is 23.2 Å². The van der Waals surface area contributed by atoms with Crippen molar-refractivity contribution in [3.05, 3.63) is 73.2 Å². The summed E-state index contributed by atoms with van der Waals surface area (Å²) in [6.45, 7) is 3.35. The largest absolute Gasteiger partial charge is 0.273 e. The van der Waals surface area contributed by atoms with Crippen molar-refractivity contribution in [2.45, 2.75) is 26.3 Å². The molecule has 3 rings (SSSR count). The van der Waals surface area contributed by atoms with E-state index in [2.05, 4.69) is 5.10 Å². The molecule has 0 saturated carbocycles. The average molecular weight is 392 g/mol. The van der Waals surface area contributed by atoms with Crippen LogP contribution in [0.2, 0.25) is 10.0 Å². The number of carbonyl (C=O) groups excluding carboxylic acids is 1. The first-order chi connectivity index (χ1) is 12.3. The Hall–Kier alpha value is -2.44. The van der Waals surface area contributed by atoms with Crippen LogP contribution in [0.3, 0.4) is 0 Å². The molecule has 0 fully saturated rings. The van der Waals surface area contributed by atoms with Gasteiger partial charge in [-0.25, -0.2) is 5.01 Å². The summed E-state index contributed by atoms with van der Waals surface area (Å²) in [5, 5.41) is 17.7. The molecule has 26 heavy (non-hydrogen) atoms. The van der Waals surface area contributed by atoms with Gasteiger partial charge < -0.3 is 0 Å². The molecule has 0 aliphatic carbocycles. The summed E-state index contributed by atoms with van der Waals surface area (Å²) in [6.07, 6.45) is 0.561. The number of carbonyl (C=O) groups is 1. The van der Waals surface area contributed by atoms with Crippen molar-refractivity contribution in [1.29, 1.82) is 0 Å². The number of nitro benzene ring substituents is 1. The lowest BCUT2D eigenvalue weighted by molar-refractivity contribution is -0.384. The van der Waals surface area contributed by atoms with E-state index in [9.17, 15) is 14.9 Å². The zero-order chi connectivity index (χ0) is 19.0. The Balaban J connectivity index is 2.21. The van der Waals surface area contributed by atoms with Crippen molar-refractivity contribution in [2.75, 3.05) is 0 Å². The number of amides is 1. The first-order valence-electron chi connectivity index (χ1n) is 7.89. The van der Waals surface area contributed by atoms with E-state index < -0.39 is 4.92 Å². The number of hydrogen-bond acceptors (Lipinski definition) is 4. The van der Waals surface area contributed by atoms with Crippen LogP contribution in [0.25, 0.3) is 0 Å². The lowest BCUT2D eigenvalue weighted by atomic mass is 9.94. The van der Waals surface area contributed by atoms with Crippen LogP contribution in [0, 0.1) is 10.1 Å². The molecule has 1 aliphatic rings. The van der Waals surface area contributed by atoms with Crippen LogP contribution in [0.4, 0.5) is 5.69 Å². The Morgan fingerprint density at radius 1 is 1.23 bits per heavy atom. The van der Waals surface area contributed by atoms with E-state index in [-0.39, 0.29) is 17.6 Å². The van der Waals surface area contributed by atoms with E-state index >= 15 is 0 Å². The molecule has 0 aromatic heterocycles. The van der Waals surface area contributed by atoms with Crippen molar-refractivity contribution < 1.29 is 9.72 Å². The Kier molecular flexibility index (Phi) is 4.98. The molecule has 0 N–H and O–H groups in total. The van der Waals surface area contributed by atoms with E-state index in [1.54, 1.807) is 24.3 Å². The van der Waals surface area contributed by atoms with Gasteiger partial charge >= 0.3 is 0 Å². The highest BCUT2D eigenvalue weighted by Crippen LogP contribution is 2.31. The average Bonchev–Trinajstić information content (AvgIpc) is 2.72. The number of nitrogens with zero attached hydrogens (tertiary/aromatic N) is 3. The van der Waals surface area contributed by atoms with Gasteiger partial charge in [0.15, 0.2) is 0 Å². The number of hydrazone groups is 1. The monoisotopic (exact) mass is 391 g/mol. The number of benzene rings is 2. The minimum Gasteiger partial charge on any atom is -0.273 e. The number of nitro groups is 1. The van der Waals surface area contributed by atoms with Crippen LogP contribution < -0.4 is 0 Å². The van der Waals surface area contributed by atoms with E-state index in [0.717, 1.165) is 11.1 Å². The molecule has 6 nitrogen and oxygen atoms in total. The third-order valence-corrected chi connectivity index (χ3v) is 4.94. The number of hydrogen-bond donors (Lipinski definition) is 0. The number of halogens is 2. The molecule has 8 heteroatoms.